The summed E-state index contributed by atoms with van der Waals surface area (Å²) in [6, 6.07) is 0.123. The highest BCUT2D eigenvalue weighted by atomic mass is 16.3. The van der Waals surface area contributed by atoms with Crippen molar-refractivity contribution >= 4 is 6.03 Å². The Bertz CT molecular complexity index is 279. The van der Waals surface area contributed by atoms with E-state index in [0.29, 0.717) is 13.1 Å². The molecule has 17 heavy (non-hydrogen) atoms. The van der Waals surface area contributed by atoms with Crippen LogP contribution in [0.4, 0.5) is 4.79 Å². The second kappa shape index (κ2) is 4.84. The predicted molar refractivity (Wildman–Crippen MR) is 66.8 cm³/mol. The maximum atomic E-state index is 12.1. The Labute approximate surface area is 104 Å². The van der Waals surface area contributed by atoms with Crippen LogP contribution in [0.5, 0.6) is 0 Å². The first-order chi connectivity index (χ1) is 8.04. The lowest BCUT2D eigenvalue weighted by atomic mass is 9.89. The Balaban J connectivity index is 1.79. The summed E-state index contributed by atoms with van der Waals surface area (Å²) in [7, 11) is 0. The number of carbonyl (C=O) groups excluding carboxylic acids is 1. The molecule has 0 atom stereocenters. The zero-order valence-electron chi connectivity index (χ0n) is 11.0. The molecule has 0 unspecified atom stereocenters. The fourth-order valence-electron chi connectivity index (χ4n) is 2.82. The standard InChI is InChI=1S/C13H24N2O2/c1-3-6-13(17)9-15(10-13)12(16)14-7-4-11(2)5-8-14/h11,17H,3-10H2,1-2H3. The van der Waals surface area contributed by atoms with Crippen LogP contribution in [0.1, 0.15) is 39.5 Å². The van der Waals surface area contributed by atoms with Gasteiger partial charge in [0.2, 0.25) is 0 Å². The maximum absolute atomic E-state index is 12.1. The minimum absolute atomic E-state index is 0.123. The van der Waals surface area contributed by atoms with Crippen molar-refractivity contribution in [2.45, 2.75) is 45.1 Å². The van der Waals surface area contributed by atoms with E-state index in [1.165, 1.54) is 0 Å². The van der Waals surface area contributed by atoms with Crippen molar-refractivity contribution in [3.05, 3.63) is 0 Å². The van der Waals surface area contributed by atoms with E-state index >= 15 is 0 Å². The molecule has 98 valence electrons. The molecule has 0 aromatic carbocycles. The Morgan fingerprint density at radius 3 is 2.41 bits per heavy atom. The molecule has 0 saturated carbocycles. The van der Waals surface area contributed by atoms with E-state index in [1.807, 2.05) is 4.90 Å². The fourth-order valence-corrected chi connectivity index (χ4v) is 2.82. The van der Waals surface area contributed by atoms with Crippen molar-refractivity contribution in [2.75, 3.05) is 26.2 Å². The van der Waals surface area contributed by atoms with Gasteiger partial charge in [-0.15, -0.1) is 0 Å². The summed E-state index contributed by atoms with van der Waals surface area (Å²) in [4.78, 5) is 15.8. The van der Waals surface area contributed by atoms with Crippen LogP contribution in [0.2, 0.25) is 0 Å². The van der Waals surface area contributed by atoms with Gasteiger partial charge in [-0.05, 0) is 25.2 Å². The molecule has 2 aliphatic heterocycles. The molecule has 2 saturated heterocycles. The summed E-state index contributed by atoms with van der Waals surface area (Å²) in [5.41, 5.74) is -0.604. The summed E-state index contributed by atoms with van der Waals surface area (Å²) in [5, 5.41) is 10.1. The molecule has 2 fully saturated rings. The normalized spacial score (nSPS) is 24.6. The molecule has 0 aliphatic carbocycles. The monoisotopic (exact) mass is 240 g/mol. The lowest BCUT2D eigenvalue weighted by Gasteiger charge is -2.48. The van der Waals surface area contributed by atoms with Crippen molar-refractivity contribution in [1.29, 1.82) is 0 Å². The number of carbonyl (C=O) groups is 1. The van der Waals surface area contributed by atoms with Crippen LogP contribution in [-0.4, -0.2) is 52.7 Å². The number of β-amino-alcohol motifs (C(OH)–C–C–N with tert-alkyl or cyclic N) is 1. The molecule has 0 aromatic heterocycles. The number of piperidine rings is 1. The van der Waals surface area contributed by atoms with Crippen LogP contribution in [0.15, 0.2) is 0 Å². The Morgan fingerprint density at radius 2 is 1.88 bits per heavy atom. The highest BCUT2D eigenvalue weighted by molar-refractivity contribution is 5.75. The van der Waals surface area contributed by atoms with E-state index in [-0.39, 0.29) is 6.03 Å². The molecule has 0 aromatic rings. The Kier molecular flexibility index (Phi) is 3.61. The summed E-state index contributed by atoms with van der Waals surface area (Å²) >= 11 is 0. The molecule has 2 amide bonds. The molecule has 0 spiro atoms. The van der Waals surface area contributed by atoms with Crippen LogP contribution < -0.4 is 0 Å². The summed E-state index contributed by atoms with van der Waals surface area (Å²) in [5.74, 6) is 0.743. The van der Waals surface area contributed by atoms with Crippen LogP contribution in [0.25, 0.3) is 0 Å². The molecule has 1 N–H and O–H groups in total. The van der Waals surface area contributed by atoms with Gasteiger partial charge in [-0.2, -0.15) is 0 Å². The minimum Gasteiger partial charge on any atom is -0.386 e. The lowest BCUT2D eigenvalue weighted by Crippen LogP contribution is -2.66. The van der Waals surface area contributed by atoms with Crippen LogP contribution in [0, 0.1) is 5.92 Å². The number of urea groups is 1. The number of hydrogen-bond acceptors (Lipinski definition) is 2. The quantitative estimate of drug-likeness (QED) is 0.798. The molecule has 2 heterocycles. The third kappa shape index (κ3) is 2.73. The second-order valence-corrected chi connectivity index (χ2v) is 5.78. The molecular formula is C13H24N2O2. The van der Waals surface area contributed by atoms with Gasteiger partial charge < -0.3 is 14.9 Å². The molecule has 4 heteroatoms. The van der Waals surface area contributed by atoms with Crippen molar-refractivity contribution in [3.8, 4) is 0 Å². The van der Waals surface area contributed by atoms with E-state index in [9.17, 15) is 9.90 Å². The Hall–Kier alpha value is -0.770. The zero-order chi connectivity index (χ0) is 12.5. The molecule has 2 rings (SSSR count). The van der Waals surface area contributed by atoms with Crippen LogP contribution in [-0.2, 0) is 0 Å². The van der Waals surface area contributed by atoms with Crippen molar-refractivity contribution in [3.63, 3.8) is 0 Å². The first kappa shape index (κ1) is 12.7. The van der Waals surface area contributed by atoms with Gasteiger partial charge in [0.25, 0.3) is 0 Å². The number of rotatable bonds is 2. The number of hydrogen-bond donors (Lipinski definition) is 1. The number of aliphatic hydroxyl groups is 1. The topological polar surface area (TPSA) is 43.8 Å². The first-order valence-electron chi connectivity index (χ1n) is 6.80. The summed E-state index contributed by atoms with van der Waals surface area (Å²) in [6.45, 7) is 7.10. The average Bonchev–Trinajstić information content (AvgIpc) is 2.26. The van der Waals surface area contributed by atoms with E-state index in [2.05, 4.69) is 13.8 Å². The van der Waals surface area contributed by atoms with Gasteiger partial charge >= 0.3 is 6.03 Å². The third-order valence-corrected chi connectivity index (χ3v) is 4.01. The van der Waals surface area contributed by atoms with E-state index in [4.69, 9.17) is 0 Å². The molecule has 2 aliphatic rings. The van der Waals surface area contributed by atoms with Crippen LogP contribution >= 0.6 is 0 Å². The van der Waals surface area contributed by atoms with Crippen LogP contribution in [0.3, 0.4) is 0 Å². The van der Waals surface area contributed by atoms with E-state index < -0.39 is 5.60 Å². The fraction of sp³-hybridized carbons (Fsp3) is 0.923. The first-order valence-corrected chi connectivity index (χ1v) is 6.80. The van der Waals surface area contributed by atoms with E-state index in [0.717, 1.165) is 44.7 Å². The summed E-state index contributed by atoms with van der Waals surface area (Å²) < 4.78 is 0. The minimum atomic E-state index is -0.604. The SMILES string of the molecule is CCCC1(O)CN(C(=O)N2CCC(C)CC2)C1. The van der Waals surface area contributed by atoms with Crippen molar-refractivity contribution in [1.82, 2.24) is 9.80 Å². The average molecular weight is 240 g/mol. The molecule has 0 bridgehead atoms. The molecule has 0 radical (unpaired) electrons. The van der Waals surface area contributed by atoms with Gasteiger partial charge in [-0.3, -0.25) is 0 Å². The van der Waals surface area contributed by atoms with Crippen molar-refractivity contribution < 1.29 is 9.90 Å². The van der Waals surface area contributed by atoms with E-state index in [1.54, 1.807) is 4.90 Å². The third-order valence-electron chi connectivity index (χ3n) is 4.01. The number of amides is 2. The highest BCUT2D eigenvalue weighted by Gasteiger charge is 2.44. The largest absolute Gasteiger partial charge is 0.386 e. The van der Waals surface area contributed by atoms with Gasteiger partial charge in [0.15, 0.2) is 0 Å². The number of likely N-dealkylation sites (tertiary alicyclic amines) is 2. The zero-order valence-corrected chi connectivity index (χ0v) is 11.0. The number of nitrogens with zero attached hydrogens (tertiary/aromatic N) is 2. The molecular weight excluding hydrogens is 216 g/mol. The van der Waals surface area contributed by atoms with Gasteiger partial charge in [-0.1, -0.05) is 20.3 Å². The van der Waals surface area contributed by atoms with Gasteiger partial charge in [0.1, 0.15) is 0 Å². The lowest BCUT2D eigenvalue weighted by molar-refractivity contribution is -0.0871. The molecule has 4 nitrogen and oxygen atoms in total. The maximum Gasteiger partial charge on any atom is 0.320 e. The van der Waals surface area contributed by atoms with Gasteiger partial charge in [0, 0.05) is 13.1 Å². The Morgan fingerprint density at radius 1 is 1.29 bits per heavy atom. The second-order valence-electron chi connectivity index (χ2n) is 5.78. The smallest absolute Gasteiger partial charge is 0.320 e. The summed E-state index contributed by atoms with van der Waals surface area (Å²) in [6.07, 6.45) is 3.99. The van der Waals surface area contributed by atoms with Gasteiger partial charge in [0.05, 0.1) is 18.7 Å². The highest BCUT2D eigenvalue weighted by Crippen LogP contribution is 2.27. The van der Waals surface area contributed by atoms with Crippen molar-refractivity contribution in [2.24, 2.45) is 5.92 Å². The predicted octanol–water partition coefficient (Wildman–Crippen LogP) is 1.69. The van der Waals surface area contributed by atoms with Gasteiger partial charge in [-0.25, -0.2) is 4.79 Å².